The van der Waals surface area contributed by atoms with E-state index in [1.807, 2.05) is 6.07 Å². The van der Waals surface area contributed by atoms with E-state index in [9.17, 15) is 0 Å². The molecule has 1 unspecified atom stereocenters. The Morgan fingerprint density at radius 1 is 1.57 bits per heavy atom. The van der Waals surface area contributed by atoms with Crippen LogP contribution in [-0.2, 0) is 0 Å². The number of hydrogen-bond donors (Lipinski definition) is 1. The van der Waals surface area contributed by atoms with Gasteiger partial charge in [0, 0.05) is 12.1 Å². The van der Waals surface area contributed by atoms with Crippen molar-refractivity contribution in [2.75, 3.05) is 5.32 Å². The summed E-state index contributed by atoms with van der Waals surface area (Å²) in [5.74, 6) is 1.85. The van der Waals surface area contributed by atoms with Gasteiger partial charge >= 0.3 is 0 Å². The van der Waals surface area contributed by atoms with Crippen molar-refractivity contribution in [1.82, 2.24) is 9.97 Å². The molecule has 0 aliphatic heterocycles. The van der Waals surface area contributed by atoms with Gasteiger partial charge in [-0.3, -0.25) is 0 Å². The van der Waals surface area contributed by atoms with Gasteiger partial charge in [0.25, 0.3) is 0 Å². The summed E-state index contributed by atoms with van der Waals surface area (Å²) in [5, 5.41) is 3.37. The van der Waals surface area contributed by atoms with Crippen molar-refractivity contribution in [3.8, 4) is 0 Å². The van der Waals surface area contributed by atoms with E-state index in [1.165, 1.54) is 19.3 Å². The van der Waals surface area contributed by atoms with E-state index in [0.717, 1.165) is 16.3 Å². The highest BCUT2D eigenvalue weighted by molar-refractivity contribution is 9.10. The predicted octanol–water partition coefficient (Wildman–Crippen LogP) is 2.84. The van der Waals surface area contributed by atoms with Crippen LogP contribution in [0.25, 0.3) is 0 Å². The summed E-state index contributed by atoms with van der Waals surface area (Å²) in [4.78, 5) is 8.14. The van der Waals surface area contributed by atoms with Crippen LogP contribution in [-0.4, -0.2) is 16.0 Å². The fourth-order valence-electron chi connectivity index (χ4n) is 1.58. The van der Waals surface area contributed by atoms with E-state index in [0.29, 0.717) is 6.04 Å². The second kappa shape index (κ2) is 4.26. The molecule has 0 saturated heterocycles. The van der Waals surface area contributed by atoms with Crippen molar-refractivity contribution < 1.29 is 0 Å². The first-order valence-electron chi connectivity index (χ1n) is 4.98. The molecule has 1 atom stereocenters. The molecule has 0 radical (unpaired) electrons. The van der Waals surface area contributed by atoms with Crippen molar-refractivity contribution in [2.45, 2.75) is 32.2 Å². The molecule has 1 heterocycles. The monoisotopic (exact) mass is 255 g/mol. The molecule has 1 aromatic rings. The third kappa shape index (κ3) is 2.94. The largest absolute Gasteiger partial charge is 0.367 e. The van der Waals surface area contributed by atoms with Crippen molar-refractivity contribution in [2.24, 2.45) is 5.92 Å². The van der Waals surface area contributed by atoms with Crippen LogP contribution in [0.1, 0.15) is 26.2 Å². The Labute approximate surface area is 92.5 Å². The third-order valence-electron chi connectivity index (χ3n) is 2.41. The van der Waals surface area contributed by atoms with Crippen molar-refractivity contribution in [3.63, 3.8) is 0 Å². The number of nitrogens with zero attached hydrogens (tertiary/aromatic N) is 2. The van der Waals surface area contributed by atoms with Gasteiger partial charge in [0.1, 0.15) is 16.7 Å². The summed E-state index contributed by atoms with van der Waals surface area (Å²) in [6.45, 7) is 2.20. The molecule has 3 nitrogen and oxygen atoms in total. The van der Waals surface area contributed by atoms with Crippen LogP contribution < -0.4 is 5.32 Å². The number of anilines is 1. The van der Waals surface area contributed by atoms with E-state index in [-0.39, 0.29) is 0 Å². The normalized spacial score (nSPS) is 17.9. The molecule has 1 saturated carbocycles. The highest BCUT2D eigenvalue weighted by Crippen LogP contribution is 2.33. The molecule has 2 rings (SSSR count). The highest BCUT2D eigenvalue weighted by atomic mass is 79.9. The maximum absolute atomic E-state index is 4.16. The molecule has 76 valence electrons. The number of halogens is 1. The quantitative estimate of drug-likeness (QED) is 0.842. The highest BCUT2D eigenvalue weighted by Gasteiger charge is 2.23. The molecular weight excluding hydrogens is 242 g/mol. The van der Waals surface area contributed by atoms with Gasteiger partial charge in [0.05, 0.1) is 0 Å². The van der Waals surface area contributed by atoms with Crippen LogP contribution in [0.3, 0.4) is 0 Å². The Bertz CT molecular complexity index is 312. The summed E-state index contributed by atoms with van der Waals surface area (Å²) in [6, 6.07) is 2.41. The van der Waals surface area contributed by atoms with Crippen molar-refractivity contribution >= 4 is 21.7 Å². The maximum atomic E-state index is 4.16. The second-order valence-corrected chi connectivity index (χ2v) is 4.76. The first-order chi connectivity index (χ1) is 6.74. The Kier molecular flexibility index (Phi) is 3.01. The number of nitrogens with one attached hydrogen (secondary N) is 1. The first kappa shape index (κ1) is 9.90. The molecule has 0 aromatic carbocycles. The van der Waals surface area contributed by atoms with Gasteiger partial charge in [-0.1, -0.05) is 12.8 Å². The number of aromatic nitrogens is 2. The Balaban J connectivity index is 1.88. The van der Waals surface area contributed by atoms with Gasteiger partial charge < -0.3 is 5.32 Å². The summed E-state index contributed by atoms with van der Waals surface area (Å²) < 4.78 is 0.827. The molecule has 4 heteroatoms. The van der Waals surface area contributed by atoms with Gasteiger partial charge in [-0.15, -0.1) is 0 Å². The Morgan fingerprint density at radius 2 is 2.36 bits per heavy atom. The lowest BCUT2D eigenvalue weighted by Crippen LogP contribution is -2.16. The fraction of sp³-hybridized carbons (Fsp3) is 0.600. The molecule has 1 aliphatic rings. The summed E-state index contributed by atoms with van der Waals surface area (Å²) in [6.07, 6.45) is 5.62. The Morgan fingerprint density at radius 3 is 3.00 bits per heavy atom. The summed E-state index contributed by atoms with van der Waals surface area (Å²) in [7, 11) is 0. The van der Waals surface area contributed by atoms with Crippen LogP contribution in [0.5, 0.6) is 0 Å². The van der Waals surface area contributed by atoms with E-state index in [4.69, 9.17) is 0 Å². The lowest BCUT2D eigenvalue weighted by molar-refractivity contribution is 0.640. The van der Waals surface area contributed by atoms with E-state index < -0.39 is 0 Å². The average Bonchev–Trinajstić information content (AvgIpc) is 2.87. The van der Waals surface area contributed by atoms with Crippen molar-refractivity contribution in [1.29, 1.82) is 0 Å². The zero-order chi connectivity index (χ0) is 9.97. The first-order valence-corrected chi connectivity index (χ1v) is 5.77. The van der Waals surface area contributed by atoms with Crippen LogP contribution in [0.4, 0.5) is 5.82 Å². The number of hydrogen-bond acceptors (Lipinski definition) is 3. The molecule has 1 fully saturated rings. The second-order valence-electron chi connectivity index (χ2n) is 3.95. The zero-order valence-corrected chi connectivity index (χ0v) is 9.79. The molecule has 1 aromatic heterocycles. The van der Waals surface area contributed by atoms with Gasteiger partial charge in [0.2, 0.25) is 0 Å². The van der Waals surface area contributed by atoms with E-state index >= 15 is 0 Å². The standard InChI is InChI=1S/C10H14BrN3/c1-7(4-8-2-3-8)14-10-5-9(11)12-6-13-10/h5-8H,2-4H2,1H3,(H,12,13,14). The molecule has 0 bridgehead atoms. The van der Waals surface area contributed by atoms with E-state index in [1.54, 1.807) is 6.33 Å². The van der Waals surface area contributed by atoms with Crippen LogP contribution in [0.2, 0.25) is 0 Å². The molecule has 0 amide bonds. The van der Waals surface area contributed by atoms with Crippen LogP contribution in [0, 0.1) is 5.92 Å². The Hall–Kier alpha value is -0.640. The lowest BCUT2D eigenvalue weighted by atomic mass is 10.1. The minimum absolute atomic E-state index is 0.504. The SMILES string of the molecule is CC(CC1CC1)Nc1cc(Br)ncn1. The fourth-order valence-corrected chi connectivity index (χ4v) is 1.89. The summed E-state index contributed by atoms with van der Waals surface area (Å²) >= 11 is 3.32. The topological polar surface area (TPSA) is 37.8 Å². The van der Waals surface area contributed by atoms with Gasteiger partial charge in [-0.2, -0.15) is 0 Å². The molecule has 1 aliphatic carbocycles. The molecule has 0 spiro atoms. The van der Waals surface area contributed by atoms with Gasteiger partial charge in [0.15, 0.2) is 0 Å². The van der Waals surface area contributed by atoms with Gasteiger partial charge in [-0.05, 0) is 35.2 Å². The molecule has 14 heavy (non-hydrogen) atoms. The lowest BCUT2D eigenvalue weighted by Gasteiger charge is -2.13. The minimum Gasteiger partial charge on any atom is -0.367 e. The van der Waals surface area contributed by atoms with Crippen LogP contribution >= 0.6 is 15.9 Å². The van der Waals surface area contributed by atoms with Crippen LogP contribution in [0.15, 0.2) is 17.0 Å². The number of rotatable bonds is 4. The van der Waals surface area contributed by atoms with Crippen molar-refractivity contribution in [3.05, 3.63) is 17.0 Å². The summed E-state index contributed by atoms with van der Waals surface area (Å²) in [5.41, 5.74) is 0. The smallest absolute Gasteiger partial charge is 0.130 e. The zero-order valence-electron chi connectivity index (χ0n) is 8.20. The van der Waals surface area contributed by atoms with Gasteiger partial charge in [-0.25, -0.2) is 9.97 Å². The maximum Gasteiger partial charge on any atom is 0.130 e. The average molecular weight is 256 g/mol. The third-order valence-corrected chi connectivity index (χ3v) is 2.85. The predicted molar refractivity (Wildman–Crippen MR) is 60.2 cm³/mol. The molecular formula is C10H14BrN3. The minimum atomic E-state index is 0.504. The van der Waals surface area contributed by atoms with E-state index in [2.05, 4.69) is 38.1 Å². The molecule has 1 N–H and O–H groups in total.